The van der Waals surface area contributed by atoms with Crippen molar-refractivity contribution in [3.05, 3.63) is 100 Å². The van der Waals surface area contributed by atoms with Gasteiger partial charge in [-0.15, -0.1) is 0 Å². The van der Waals surface area contributed by atoms with Gasteiger partial charge in [0.05, 0.1) is 18.1 Å². The molecule has 0 aliphatic carbocycles. The molecule has 0 amide bonds. The molecule has 0 saturated heterocycles. The second kappa shape index (κ2) is 9.10. The summed E-state index contributed by atoms with van der Waals surface area (Å²) in [5.74, 6) is -0.260. The third kappa shape index (κ3) is 4.76. The maximum atomic E-state index is 14.4. The predicted molar refractivity (Wildman–Crippen MR) is 113 cm³/mol. The first-order chi connectivity index (χ1) is 13.7. The van der Waals surface area contributed by atoms with Crippen molar-refractivity contribution in [2.24, 2.45) is 0 Å². The van der Waals surface area contributed by atoms with Crippen molar-refractivity contribution in [2.45, 2.75) is 30.5 Å². The third-order valence-electron chi connectivity index (χ3n) is 4.84. The maximum Gasteiger partial charge on any atom is 0.138 e. The van der Waals surface area contributed by atoms with Crippen LogP contribution in [-0.2, 0) is 24.3 Å². The van der Waals surface area contributed by atoms with Crippen LogP contribution in [0.2, 0.25) is 5.02 Å². The van der Waals surface area contributed by atoms with E-state index in [1.807, 2.05) is 30.3 Å². The van der Waals surface area contributed by atoms with Crippen molar-refractivity contribution < 1.29 is 9.13 Å². The summed E-state index contributed by atoms with van der Waals surface area (Å²) >= 11 is 7.53. The van der Waals surface area contributed by atoms with Crippen LogP contribution in [0.15, 0.2) is 77.7 Å². The second-order valence-electron chi connectivity index (χ2n) is 6.87. The van der Waals surface area contributed by atoms with E-state index in [0.29, 0.717) is 29.7 Å². The Labute approximate surface area is 174 Å². The number of hydrogen-bond acceptors (Lipinski definition) is 3. The molecule has 0 fully saturated rings. The third-order valence-corrected chi connectivity index (χ3v) is 6.25. The molecule has 1 heterocycles. The molecule has 3 aromatic carbocycles. The Morgan fingerprint density at radius 2 is 1.75 bits per heavy atom. The molecular weight excluding hydrogens is 393 g/mol. The lowest BCUT2D eigenvalue weighted by atomic mass is 10.0. The van der Waals surface area contributed by atoms with Crippen molar-refractivity contribution in [1.29, 1.82) is 0 Å². The molecular formula is C23H21ClFNOS. The predicted octanol–water partition coefficient (Wildman–Crippen LogP) is 6.13. The van der Waals surface area contributed by atoms with E-state index < -0.39 is 0 Å². The normalized spacial score (nSPS) is 17.6. The molecule has 0 spiro atoms. The highest BCUT2D eigenvalue weighted by Crippen LogP contribution is 2.33. The molecule has 0 N–H and O–H groups in total. The van der Waals surface area contributed by atoms with Crippen molar-refractivity contribution >= 4 is 23.5 Å². The molecule has 144 valence electrons. The highest BCUT2D eigenvalue weighted by Gasteiger charge is 2.25. The van der Waals surface area contributed by atoms with Gasteiger partial charge in [0, 0.05) is 17.6 Å². The molecule has 4 rings (SSSR count). The number of fused-ring (bicyclic) bond motifs is 1. The summed E-state index contributed by atoms with van der Waals surface area (Å²) in [6.45, 7) is 1.90. The SMILES string of the molecule is Fc1ccc(Cl)cc1SN1Cc2ccccc2COCC1Cc1ccccc1. The van der Waals surface area contributed by atoms with Gasteiger partial charge in [-0.3, -0.25) is 0 Å². The summed E-state index contributed by atoms with van der Waals surface area (Å²) in [5, 5.41) is 0.534. The van der Waals surface area contributed by atoms with Crippen molar-refractivity contribution in [3.63, 3.8) is 0 Å². The van der Waals surface area contributed by atoms with E-state index >= 15 is 0 Å². The lowest BCUT2D eigenvalue weighted by Crippen LogP contribution is -2.37. The van der Waals surface area contributed by atoms with E-state index in [2.05, 4.69) is 28.6 Å². The number of benzene rings is 3. The Hall–Kier alpha value is -1.85. The number of nitrogens with zero attached hydrogens (tertiary/aromatic N) is 1. The zero-order valence-electron chi connectivity index (χ0n) is 15.4. The molecule has 0 saturated carbocycles. The van der Waals surface area contributed by atoms with Gasteiger partial charge >= 0.3 is 0 Å². The first-order valence-electron chi connectivity index (χ1n) is 9.27. The number of ether oxygens (including phenoxy) is 1. The molecule has 2 nitrogen and oxygen atoms in total. The van der Waals surface area contributed by atoms with Crippen LogP contribution in [0.1, 0.15) is 16.7 Å². The van der Waals surface area contributed by atoms with Crippen LogP contribution in [0, 0.1) is 5.82 Å². The van der Waals surface area contributed by atoms with E-state index in [9.17, 15) is 4.39 Å². The lowest BCUT2D eigenvalue weighted by molar-refractivity contribution is 0.0706. The summed E-state index contributed by atoms with van der Waals surface area (Å²) in [7, 11) is 0. The van der Waals surface area contributed by atoms with Gasteiger partial charge in [0.15, 0.2) is 0 Å². The molecule has 1 aliphatic heterocycles. The van der Waals surface area contributed by atoms with E-state index in [0.717, 1.165) is 6.42 Å². The van der Waals surface area contributed by atoms with E-state index in [-0.39, 0.29) is 11.9 Å². The van der Waals surface area contributed by atoms with Gasteiger partial charge in [0.1, 0.15) is 5.82 Å². The standard InChI is InChI=1S/C23H21ClFNOS/c24-20-10-11-22(25)23(13-20)28-26-14-18-8-4-5-9-19(18)15-27-16-21(26)12-17-6-2-1-3-7-17/h1-11,13,21H,12,14-16H2. The van der Waals surface area contributed by atoms with Gasteiger partial charge in [-0.1, -0.05) is 66.2 Å². The molecule has 0 bridgehead atoms. The topological polar surface area (TPSA) is 12.5 Å². The van der Waals surface area contributed by atoms with Gasteiger partial charge in [-0.25, -0.2) is 8.70 Å². The quantitative estimate of drug-likeness (QED) is 0.477. The van der Waals surface area contributed by atoms with Crippen LogP contribution >= 0.6 is 23.5 Å². The Morgan fingerprint density at radius 3 is 2.57 bits per heavy atom. The van der Waals surface area contributed by atoms with Gasteiger partial charge < -0.3 is 4.74 Å². The average molecular weight is 414 g/mol. The average Bonchev–Trinajstić information content (AvgIpc) is 2.70. The van der Waals surface area contributed by atoms with Gasteiger partial charge in [0.2, 0.25) is 0 Å². The summed E-state index contributed by atoms with van der Waals surface area (Å²) in [6, 6.07) is 23.4. The summed E-state index contributed by atoms with van der Waals surface area (Å²) in [6.07, 6.45) is 0.832. The fourth-order valence-corrected chi connectivity index (χ4v) is 4.68. The first kappa shape index (κ1) is 19.5. The van der Waals surface area contributed by atoms with Gasteiger partial charge in [-0.2, -0.15) is 0 Å². The smallest absolute Gasteiger partial charge is 0.138 e. The van der Waals surface area contributed by atoms with Crippen LogP contribution in [0.5, 0.6) is 0 Å². The number of halogens is 2. The maximum absolute atomic E-state index is 14.4. The molecule has 1 aliphatic rings. The number of rotatable bonds is 4. The molecule has 5 heteroatoms. The summed E-state index contributed by atoms with van der Waals surface area (Å²) in [5.41, 5.74) is 3.62. The molecule has 0 radical (unpaired) electrons. The second-order valence-corrected chi connectivity index (χ2v) is 8.40. The summed E-state index contributed by atoms with van der Waals surface area (Å²) in [4.78, 5) is 0.531. The molecule has 28 heavy (non-hydrogen) atoms. The van der Waals surface area contributed by atoms with Crippen LogP contribution in [0.3, 0.4) is 0 Å². The van der Waals surface area contributed by atoms with Crippen LogP contribution < -0.4 is 0 Å². The van der Waals surface area contributed by atoms with E-state index in [1.165, 1.54) is 34.7 Å². The first-order valence-corrected chi connectivity index (χ1v) is 10.4. The Kier molecular flexibility index (Phi) is 6.33. The zero-order chi connectivity index (χ0) is 19.3. The minimum absolute atomic E-state index is 0.110. The summed E-state index contributed by atoms with van der Waals surface area (Å²) < 4.78 is 22.7. The molecule has 0 aromatic heterocycles. The van der Waals surface area contributed by atoms with Crippen molar-refractivity contribution in [3.8, 4) is 0 Å². The van der Waals surface area contributed by atoms with Gasteiger partial charge in [-0.05, 0) is 53.3 Å². The Morgan fingerprint density at radius 1 is 1.00 bits per heavy atom. The minimum Gasteiger partial charge on any atom is -0.375 e. The Bertz CT molecular complexity index is 937. The zero-order valence-corrected chi connectivity index (χ0v) is 16.9. The van der Waals surface area contributed by atoms with Gasteiger partial charge in [0.25, 0.3) is 0 Å². The highest BCUT2D eigenvalue weighted by atomic mass is 35.5. The van der Waals surface area contributed by atoms with Crippen LogP contribution in [0.25, 0.3) is 0 Å². The molecule has 3 aromatic rings. The largest absolute Gasteiger partial charge is 0.375 e. The fourth-order valence-electron chi connectivity index (χ4n) is 3.36. The fraction of sp³-hybridized carbons (Fsp3) is 0.217. The van der Waals surface area contributed by atoms with Crippen LogP contribution in [0.4, 0.5) is 4.39 Å². The van der Waals surface area contributed by atoms with E-state index in [4.69, 9.17) is 16.3 Å². The minimum atomic E-state index is -0.260. The Balaban J connectivity index is 1.65. The van der Waals surface area contributed by atoms with E-state index in [1.54, 1.807) is 12.1 Å². The van der Waals surface area contributed by atoms with Crippen LogP contribution in [-0.4, -0.2) is 17.0 Å². The molecule has 1 atom stereocenters. The monoisotopic (exact) mass is 413 g/mol. The highest BCUT2D eigenvalue weighted by molar-refractivity contribution is 7.97. The number of hydrogen-bond donors (Lipinski definition) is 0. The lowest BCUT2D eigenvalue weighted by Gasteiger charge is -2.33. The molecule has 1 unspecified atom stereocenters. The van der Waals surface area contributed by atoms with Crippen molar-refractivity contribution in [2.75, 3.05) is 6.61 Å². The van der Waals surface area contributed by atoms with Crippen molar-refractivity contribution in [1.82, 2.24) is 4.31 Å².